The number of methoxy groups -OCH3 is 3. The van der Waals surface area contributed by atoms with Gasteiger partial charge in [0.2, 0.25) is 5.75 Å². The molecule has 0 unspecified atom stereocenters. The molecule has 2 aromatic rings. The van der Waals surface area contributed by atoms with E-state index >= 15 is 0 Å². The fourth-order valence-electron chi connectivity index (χ4n) is 2.06. The first kappa shape index (κ1) is 17.7. The molecule has 130 valence electrons. The number of para-hydroxylation sites is 1. The van der Waals surface area contributed by atoms with Crippen LogP contribution in [0.5, 0.6) is 23.0 Å². The molecule has 0 aliphatic rings. The van der Waals surface area contributed by atoms with Gasteiger partial charge in [-0.2, -0.15) is 15.6 Å². The molecule has 0 bridgehead atoms. The highest BCUT2D eigenvalue weighted by Crippen LogP contribution is 2.40. The minimum absolute atomic E-state index is 0.244. The Morgan fingerprint density at radius 2 is 1.64 bits per heavy atom. The minimum atomic E-state index is -0.748. The molecule has 0 radical (unpaired) electrons. The molecule has 0 aromatic heterocycles. The molecule has 0 aliphatic carbocycles. The number of amides is 2. The van der Waals surface area contributed by atoms with Crippen molar-refractivity contribution in [2.75, 3.05) is 26.2 Å². The van der Waals surface area contributed by atoms with E-state index in [1.54, 1.807) is 36.5 Å². The van der Waals surface area contributed by atoms with Gasteiger partial charge in [0.25, 0.3) is 0 Å². The standard InChI is InChI=1S/C17H17N3O5/c1-22-14-9-13(10-15(23-2)16(14)24-3)25-19-17(21)20(11-18)12-7-5-4-6-8-12/h4-10H,1-3H3,(H,19,21). The number of carbonyl (C=O) groups is 1. The molecule has 2 rings (SSSR count). The molecule has 25 heavy (non-hydrogen) atoms. The van der Waals surface area contributed by atoms with Gasteiger partial charge in [0, 0.05) is 12.1 Å². The zero-order valence-corrected chi connectivity index (χ0v) is 14.0. The monoisotopic (exact) mass is 343 g/mol. The number of hydrogen-bond acceptors (Lipinski definition) is 6. The number of nitrogens with zero attached hydrogens (tertiary/aromatic N) is 2. The lowest BCUT2D eigenvalue weighted by atomic mass is 10.2. The average molecular weight is 343 g/mol. The fraction of sp³-hybridized carbons (Fsp3) is 0.176. The van der Waals surface area contributed by atoms with Gasteiger partial charge >= 0.3 is 6.03 Å². The van der Waals surface area contributed by atoms with Crippen LogP contribution < -0.4 is 29.4 Å². The van der Waals surface area contributed by atoms with E-state index in [1.165, 1.54) is 33.5 Å². The number of urea groups is 1. The summed E-state index contributed by atoms with van der Waals surface area (Å²) in [5, 5.41) is 9.18. The van der Waals surface area contributed by atoms with E-state index in [2.05, 4.69) is 5.48 Å². The number of nitriles is 1. The molecule has 2 aromatic carbocycles. The predicted molar refractivity (Wildman–Crippen MR) is 89.8 cm³/mol. The molecule has 8 heteroatoms. The summed E-state index contributed by atoms with van der Waals surface area (Å²) in [6, 6.07) is 10.7. The molecule has 0 heterocycles. The first-order valence-electron chi connectivity index (χ1n) is 7.16. The second kappa shape index (κ2) is 8.31. The molecular weight excluding hydrogens is 326 g/mol. The highest BCUT2D eigenvalue weighted by Gasteiger charge is 2.18. The Bertz CT molecular complexity index is 749. The van der Waals surface area contributed by atoms with Crippen molar-refractivity contribution >= 4 is 11.7 Å². The maximum Gasteiger partial charge on any atom is 0.368 e. The van der Waals surface area contributed by atoms with Gasteiger partial charge in [-0.1, -0.05) is 18.2 Å². The maximum atomic E-state index is 12.2. The molecule has 8 nitrogen and oxygen atoms in total. The zero-order valence-electron chi connectivity index (χ0n) is 14.0. The molecule has 2 amide bonds. The SMILES string of the molecule is COc1cc(ONC(=O)N(C#N)c2ccccc2)cc(OC)c1OC. The second-order valence-corrected chi connectivity index (χ2v) is 4.64. The summed E-state index contributed by atoms with van der Waals surface area (Å²) < 4.78 is 15.6. The van der Waals surface area contributed by atoms with Crippen molar-refractivity contribution < 1.29 is 23.8 Å². The lowest BCUT2D eigenvalue weighted by molar-refractivity contribution is 0.184. The summed E-state index contributed by atoms with van der Waals surface area (Å²) in [5.41, 5.74) is 2.61. The van der Waals surface area contributed by atoms with Crippen LogP contribution in [0, 0.1) is 11.5 Å². The van der Waals surface area contributed by atoms with Crippen molar-refractivity contribution in [3.8, 4) is 29.2 Å². The summed E-state index contributed by atoms with van der Waals surface area (Å²) >= 11 is 0. The number of carbonyl (C=O) groups excluding carboxylic acids is 1. The average Bonchev–Trinajstić information content (AvgIpc) is 2.66. The third-order valence-electron chi connectivity index (χ3n) is 3.21. The van der Waals surface area contributed by atoms with Crippen molar-refractivity contribution in [1.29, 1.82) is 5.26 Å². The quantitative estimate of drug-likeness (QED) is 0.492. The Kier molecular flexibility index (Phi) is 5.90. The van der Waals surface area contributed by atoms with Gasteiger partial charge in [0.1, 0.15) is 0 Å². The number of benzene rings is 2. The molecule has 0 atom stereocenters. The fourth-order valence-corrected chi connectivity index (χ4v) is 2.06. The van der Waals surface area contributed by atoms with E-state index in [9.17, 15) is 10.1 Å². The summed E-state index contributed by atoms with van der Waals surface area (Å²) in [5.74, 6) is 1.37. The van der Waals surface area contributed by atoms with E-state index in [1.807, 2.05) is 0 Å². The summed E-state index contributed by atoms with van der Waals surface area (Å²) in [6.45, 7) is 0. The molecule has 0 fully saturated rings. The second-order valence-electron chi connectivity index (χ2n) is 4.64. The zero-order chi connectivity index (χ0) is 18.2. The van der Waals surface area contributed by atoms with Crippen LogP contribution in [0.15, 0.2) is 42.5 Å². The lowest BCUT2D eigenvalue weighted by Crippen LogP contribution is -2.38. The van der Waals surface area contributed by atoms with Gasteiger partial charge in [-0.15, -0.1) is 0 Å². The lowest BCUT2D eigenvalue weighted by Gasteiger charge is -2.16. The third kappa shape index (κ3) is 4.03. The van der Waals surface area contributed by atoms with Crippen LogP contribution in [0.3, 0.4) is 0 Å². The van der Waals surface area contributed by atoms with E-state index in [4.69, 9.17) is 19.0 Å². The van der Waals surface area contributed by atoms with E-state index in [-0.39, 0.29) is 5.75 Å². The van der Waals surface area contributed by atoms with Crippen molar-refractivity contribution in [1.82, 2.24) is 5.48 Å². The molecule has 0 saturated heterocycles. The first-order chi connectivity index (χ1) is 12.1. The van der Waals surface area contributed by atoms with Crippen LogP contribution in [0.25, 0.3) is 0 Å². The number of nitrogens with one attached hydrogen (secondary N) is 1. The van der Waals surface area contributed by atoms with Crippen LogP contribution in [0.4, 0.5) is 10.5 Å². The highest BCUT2D eigenvalue weighted by atomic mass is 16.7. The van der Waals surface area contributed by atoms with Gasteiger partial charge in [0.05, 0.1) is 27.0 Å². The number of hydroxylamine groups is 1. The normalized spacial score (nSPS) is 9.52. The van der Waals surface area contributed by atoms with Gasteiger partial charge in [0.15, 0.2) is 23.4 Å². The smallest absolute Gasteiger partial charge is 0.368 e. The number of hydrogen-bond donors (Lipinski definition) is 1. The molecule has 0 saturated carbocycles. The minimum Gasteiger partial charge on any atom is -0.493 e. The van der Waals surface area contributed by atoms with Crippen molar-refractivity contribution in [3.63, 3.8) is 0 Å². The topological polar surface area (TPSA) is 93.1 Å². The molecule has 1 N–H and O–H groups in total. The van der Waals surface area contributed by atoms with E-state index < -0.39 is 6.03 Å². The Morgan fingerprint density at radius 3 is 2.12 bits per heavy atom. The van der Waals surface area contributed by atoms with Crippen molar-refractivity contribution in [3.05, 3.63) is 42.5 Å². The molecule has 0 aliphatic heterocycles. The van der Waals surface area contributed by atoms with Crippen LogP contribution in [-0.4, -0.2) is 27.4 Å². The van der Waals surface area contributed by atoms with Crippen LogP contribution in [-0.2, 0) is 0 Å². The largest absolute Gasteiger partial charge is 0.493 e. The van der Waals surface area contributed by atoms with Gasteiger partial charge in [-0.05, 0) is 12.1 Å². The van der Waals surface area contributed by atoms with Crippen LogP contribution >= 0.6 is 0 Å². The van der Waals surface area contributed by atoms with Gasteiger partial charge < -0.3 is 19.0 Å². The summed E-state index contributed by atoms with van der Waals surface area (Å²) in [7, 11) is 4.41. The van der Waals surface area contributed by atoms with Gasteiger partial charge in [-0.3, -0.25) is 0 Å². The van der Waals surface area contributed by atoms with Crippen LogP contribution in [0.2, 0.25) is 0 Å². The van der Waals surface area contributed by atoms with Crippen molar-refractivity contribution in [2.24, 2.45) is 0 Å². The van der Waals surface area contributed by atoms with Crippen molar-refractivity contribution in [2.45, 2.75) is 0 Å². The molecule has 0 spiro atoms. The Labute approximate surface area is 145 Å². The molecular formula is C17H17N3O5. The third-order valence-corrected chi connectivity index (χ3v) is 3.21. The number of anilines is 1. The summed E-state index contributed by atoms with van der Waals surface area (Å²) in [6.07, 6.45) is 1.79. The first-order valence-corrected chi connectivity index (χ1v) is 7.16. The van der Waals surface area contributed by atoms with Crippen LogP contribution in [0.1, 0.15) is 0 Å². The predicted octanol–water partition coefficient (Wildman–Crippen LogP) is 2.70. The number of ether oxygens (including phenoxy) is 3. The Hall–Kier alpha value is -3.60. The maximum absolute atomic E-state index is 12.2. The van der Waals surface area contributed by atoms with E-state index in [0.29, 0.717) is 22.9 Å². The van der Waals surface area contributed by atoms with E-state index in [0.717, 1.165) is 4.90 Å². The summed E-state index contributed by atoms with van der Waals surface area (Å²) in [4.78, 5) is 18.3. The highest BCUT2D eigenvalue weighted by molar-refractivity contribution is 5.94. The Balaban J connectivity index is 2.15. The Morgan fingerprint density at radius 1 is 1.04 bits per heavy atom. The van der Waals surface area contributed by atoms with Gasteiger partial charge in [-0.25, -0.2) is 4.79 Å². The number of rotatable bonds is 6.